The van der Waals surface area contributed by atoms with Gasteiger partial charge < -0.3 is 4.74 Å². The number of carbonyl (C=O) groups is 1. The van der Waals surface area contributed by atoms with Crippen LogP contribution in [0.1, 0.15) is 48.4 Å². The normalized spacial score (nSPS) is 16.1. The van der Waals surface area contributed by atoms with Crippen molar-refractivity contribution in [1.29, 1.82) is 0 Å². The second kappa shape index (κ2) is 7.19. The van der Waals surface area contributed by atoms with Gasteiger partial charge in [-0.2, -0.15) is 5.10 Å². The first-order valence-electron chi connectivity index (χ1n) is 9.75. The number of ether oxygens (including phenoxy) is 1. The average molecular weight is 409 g/mol. The highest BCUT2D eigenvalue weighted by Crippen LogP contribution is 2.38. The number of rotatable bonds is 5. The molecule has 0 aromatic carbocycles. The van der Waals surface area contributed by atoms with E-state index >= 15 is 0 Å². The second-order valence-electron chi connectivity index (χ2n) is 8.14. The van der Waals surface area contributed by atoms with Crippen LogP contribution in [0.3, 0.4) is 0 Å². The number of pyridine rings is 2. The van der Waals surface area contributed by atoms with Crippen molar-refractivity contribution in [3.05, 3.63) is 53.6 Å². The maximum absolute atomic E-state index is 14.0. The lowest BCUT2D eigenvalue weighted by molar-refractivity contribution is 0.0991. The molecule has 1 aliphatic heterocycles. The molecule has 3 aromatic heterocycles. The summed E-state index contributed by atoms with van der Waals surface area (Å²) >= 11 is 0. The van der Waals surface area contributed by atoms with E-state index < -0.39 is 5.67 Å². The molecule has 1 unspecified atom stereocenters. The Morgan fingerprint density at radius 3 is 2.73 bits per heavy atom. The van der Waals surface area contributed by atoms with E-state index in [2.05, 4.69) is 10.1 Å². The third kappa shape index (κ3) is 3.53. The fourth-order valence-electron chi connectivity index (χ4n) is 3.77. The third-order valence-corrected chi connectivity index (χ3v) is 5.12. The lowest BCUT2D eigenvalue weighted by Gasteiger charge is -2.19. The molecule has 3 aromatic rings. The highest BCUT2D eigenvalue weighted by Gasteiger charge is 2.39. The summed E-state index contributed by atoms with van der Waals surface area (Å²) in [5.41, 5.74) is 2.25. The van der Waals surface area contributed by atoms with Crippen LogP contribution in [0.2, 0.25) is 0 Å². The molecule has 0 N–H and O–H groups in total. The summed E-state index contributed by atoms with van der Waals surface area (Å²) in [6.45, 7) is 6.92. The van der Waals surface area contributed by atoms with Crippen molar-refractivity contribution < 1.29 is 13.9 Å². The number of aromatic nitrogens is 4. The molecule has 0 saturated heterocycles. The molecule has 30 heavy (non-hydrogen) atoms. The number of aryl methyl sites for hydroxylation is 1. The Labute approximate surface area is 174 Å². The van der Waals surface area contributed by atoms with Crippen LogP contribution in [0.15, 0.2) is 36.8 Å². The Morgan fingerprint density at radius 2 is 2.03 bits per heavy atom. The molecular weight excluding hydrogens is 385 g/mol. The van der Waals surface area contributed by atoms with E-state index in [1.165, 1.54) is 18.5 Å². The topological polar surface area (TPSA) is 73.1 Å². The Bertz CT molecular complexity index is 1120. The van der Waals surface area contributed by atoms with Gasteiger partial charge >= 0.3 is 0 Å². The smallest absolute Gasteiger partial charge is 0.262 e. The molecule has 8 heteroatoms. The number of methoxy groups -OCH3 is 1. The van der Waals surface area contributed by atoms with Gasteiger partial charge in [0.25, 0.3) is 5.91 Å². The van der Waals surface area contributed by atoms with Gasteiger partial charge in [-0.05, 0) is 45.4 Å². The van der Waals surface area contributed by atoms with E-state index in [4.69, 9.17) is 9.72 Å². The maximum Gasteiger partial charge on any atom is 0.262 e. The van der Waals surface area contributed by atoms with Crippen molar-refractivity contribution in [1.82, 2.24) is 19.7 Å². The van der Waals surface area contributed by atoms with Crippen molar-refractivity contribution in [3.63, 3.8) is 0 Å². The van der Waals surface area contributed by atoms with Gasteiger partial charge in [-0.1, -0.05) is 0 Å². The fraction of sp³-hybridized carbons (Fsp3) is 0.364. The number of hydrogen-bond acceptors (Lipinski definition) is 5. The standard InChI is InChI=1S/C22H24FN5O2/c1-13-8-17(15-9-16(30-5)11-24-10-15)25-20-14(2)28(21(29)19(13)20)18-6-7-27(26-18)12-22(3,4)23/h6-11,14H,12H2,1-5H3. The Balaban J connectivity index is 1.71. The molecule has 1 aliphatic rings. The molecule has 1 amide bonds. The van der Waals surface area contributed by atoms with Gasteiger partial charge in [0.2, 0.25) is 0 Å². The van der Waals surface area contributed by atoms with Gasteiger partial charge in [-0.25, -0.2) is 9.37 Å². The van der Waals surface area contributed by atoms with E-state index in [9.17, 15) is 9.18 Å². The minimum atomic E-state index is -1.40. The van der Waals surface area contributed by atoms with Crippen LogP contribution < -0.4 is 9.64 Å². The molecule has 0 fully saturated rings. The zero-order valence-corrected chi connectivity index (χ0v) is 17.7. The average Bonchev–Trinajstić information content (AvgIpc) is 3.22. The molecule has 0 aliphatic carbocycles. The molecule has 0 spiro atoms. The lowest BCUT2D eigenvalue weighted by atomic mass is 10.0. The van der Waals surface area contributed by atoms with Gasteiger partial charge in [-0.3, -0.25) is 19.4 Å². The number of fused-ring (bicyclic) bond motifs is 1. The Hall–Kier alpha value is -3.29. The van der Waals surface area contributed by atoms with Crippen LogP contribution in [-0.4, -0.2) is 38.4 Å². The van der Waals surface area contributed by atoms with Gasteiger partial charge in [0.15, 0.2) is 5.82 Å². The highest BCUT2D eigenvalue weighted by molar-refractivity contribution is 6.11. The Kier molecular flexibility index (Phi) is 4.80. The summed E-state index contributed by atoms with van der Waals surface area (Å²) in [6.07, 6.45) is 5.04. The predicted molar refractivity (Wildman–Crippen MR) is 111 cm³/mol. The number of nitrogens with zero attached hydrogens (tertiary/aromatic N) is 5. The summed E-state index contributed by atoms with van der Waals surface area (Å²) < 4.78 is 20.8. The van der Waals surface area contributed by atoms with E-state index in [1.54, 1.807) is 36.7 Å². The van der Waals surface area contributed by atoms with Crippen molar-refractivity contribution in [3.8, 4) is 17.0 Å². The molecule has 4 heterocycles. The first-order chi connectivity index (χ1) is 14.2. The van der Waals surface area contributed by atoms with Crippen LogP contribution in [0.4, 0.5) is 10.2 Å². The largest absolute Gasteiger partial charge is 0.495 e. The van der Waals surface area contributed by atoms with Crippen LogP contribution >= 0.6 is 0 Å². The third-order valence-electron chi connectivity index (χ3n) is 5.12. The van der Waals surface area contributed by atoms with Gasteiger partial charge in [-0.15, -0.1) is 0 Å². The molecule has 1 atom stereocenters. The minimum absolute atomic E-state index is 0.112. The molecule has 156 valence electrons. The summed E-state index contributed by atoms with van der Waals surface area (Å²) in [5.74, 6) is 0.973. The van der Waals surface area contributed by atoms with Crippen molar-refractivity contribution >= 4 is 11.7 Å². The summed E-state index contributed by atoms with van der Waals surface area (Å²) in [7, 11) is 1.59. The predicted octanol–water partition coefficient (Wildman–Crippen LogP) is 4.13. The monoisotopic (exact) mass is 409 g/mol. The zero-order chi connectivity index (χ0) is 21.6. The van der Waals surface area contributed by atoms with Crippen LogP contribution in [0.5, 0.6) is 5.75 Å². The summed E-state index contributed by atoms with van der Waals surface area (Å²) in [5, 5.41) is 4.42. The first kappa shape index (κ1) is 20.0. The van der Waals surface area contributed by atoms with Gasteiger partial charge in [0.1, 0.15) is 11.4 Å². The number of carbonyl (C=O) groups excluding carboxylic acids is 1. The number of amides is 1. The number of alkyl halides is 1. The molecule has 0 radical (unpaired) electrons. The molecule has 4 rings (SSSR count). The maximum atomic E-state index is 14.0. The molecule has 7 nitrogen and oxygen atoms in total. The van der Waals surface area contributed by atoms with E-state index in [-0.39, 0.29) is 18.5 Å². The lowest BCUT2D eigenvalue weighted by Crippen LogP contribution is -2.27. The fourth-order valence-corrected chi connectivity index (χ4v) is 3.77. The van der Waals surface area contributed by atoms with Crippen molar-refractivity contribution in [2.75, 3.05) is 12.0 Å². The Morgan fingerprint density at radius 1 is 1.27 bits per heavy atom. The molecule has 0 saturated carbocycles. The molecule has 0 bridgehead atoms. The van der Waals surface area contributed by atoms with Crippen LogP contribution in [0.25, 0.3) is 11.3 Å². The first-order valence-corrected chi connectivity index (χ1v) is 9.75. The SMILES string of the molecule is COc1cncc(-c2cc(C)c3c(n2)C(C)N(c2ccn(CC(C)(C)F)n2)C3=O)c1. The quantitative estimate of drug-likeness (QED) is 0.634. The van der Waals surface area contributed by atoms with E-state index in [0.29, 0.717) is 22.8 Å². The van der Waals surface area contributed by atoms with Crippen molar-refractivity contribution in [2.45, 2.75) is 46.0 Å². The van der Waals surface area contributed by atoms with Gasteiger partial charge in [0, 0.05) is 24.0 Å². The highest BCUT2D eigenvalue weighted by atomic mass is 19.1. The van der Waals surface area contributed by atoms with E-state index in [0.717, 1.165) is 16.8 Å². The second-order valence-corrected chi connectivity index (χ2v) is 8.14. The summed E-state index contributed by atoms with van der Waals surface area (Å²) in [4.78, 5) is 23.8. The van der Waals surface area contributed by atoms with Gasteiger partial charge in [0.05, 0.1) is 42.8 Å². The number of halogens is 1. The van der Waals surface area contributed by atoms with Crippen LogP contribution in [-0.2, 0) is 6.54 Å². The minimum Gasteiger partial charge on any atom is -0.495 e. The zero-order valence-electron chi connectivity index (χ0n) is 17.7. The number of hydrogen-bond donors (Lipinski definition) is 0. The van der Waals surface area contributed by atoms with Crippen molar-refractivity contribution in [2.24, 2.45) is 0 Å². The molecular formula is C22H24FN5O2. The van der Waals surface area contributed by atoms with E-state index in [1.807, 2.05) is 26.0 Å². The summed E-state index contributed by atoms with van der Waals surface area (Å²) in [6, 6.07) is 5.18. The number of anilines is 1. The van der Waals surface area contributed by atoms with Crippen LogP contribution in [0, 0.1) is 6.92 Å².